The molecule has 0 aromatic heterocycles. The highest BCUT2D eigenvalue weighted by Gasteiger charge is 2.21. The highest BCUT2D eigenvalue weighted by molar-refractivity contribution is 5.78. The van der Waals surface area contributed by atoms with Gasteiger partial charge >= 0.3 is 0 Å². The molecule has 2 aromatic rings. The lowest BCUT2D eigenvalue weighted by Gasteiger charge is -2.26. The molecule has 5 nitrogen and oxygen atoms in total. The van der Waals surface area contributed by atoms with Crippen molar-refractivity contribution in [3.8, 4) is 11.5 Å². The zero-order chi connectivity index (χ0) is 18.4. The summed E-state index contributed by atoms with van der Waals surface area (Å²) in [6.07, 6.45) is 0.867. The topological polar surface area (TPSA) is 68.9 Å². The Morgan fingerprint density at radius 2 is 2.12 bits per heavy atom. The summed E-state index contributed by atoms with van der Waals surface area (Å²) in [5, 5.41) is 3.32. The summed E-state index contributed by atoms with van der Waals surface area (Å²) in [7, 11) is 0. The van der Waals surface area contributed by atoms with Crippen LogP contribution in [-0.4, -0.2) is 19.2 Å². The Morgan fingerprint density at radius 1 is 1.27 bits per heavy atom. The van der Waals surface area contributed by atoms with Crippen LogP contribution < -0.4 is 20.5 Å². The second-order valence-electron chi connectivity index (χ2n) is 6.93. The van der Waals surface area contributed by atoms with Crippen LogP contribution in [0.15, 0.2) is 53.5 Å². The monoisotopic (exact) mass is 353 g/mol. The minimum absolute atomic E-state index is 0.129. The quantitative estimate of drug-likeness (QED) is 0.614. The van der Waals surface area contributed by atoms with Gasteiger partial charge in [-0.2, -0.15) is 0 Å². The van der Waals surface area contributed by atoms with Crippen LogP contribution in [0.5, 0.6) is 11.5 Å². The highest BCUT2D eigenvalue weighted by Crippen LogP contribution is 2.31. The first-order valence-corrected chi connectivity index (χ1v) is 9.11. The molecule has 5 heteroatoms. The number of hydrogen-bond acceptors (Lipinski definition) is 3. The van der Waals surface area contributed by atoms with E-state index in [1.807, 2.05) is 42.5 Å². The van der Waals surface area contributed by atoms with Crippen LogP contribution in [0.3, 0.4) is 0 Å². The van der Waals surface area contributed by atoms with E-state index in [0.717, 1.165) is 29.0 Å². The molecule has 1 aliphatic heterocycles. The van der Waals surface area contributed by atoms with Crippen LogP contribution in [-0.2, 0) is 6.54 Å². The molecule has 3 N–H and O–H groups in total. The Labute approximate surface area is 155 Å². The van der Waals surface area contributed by atoms with Gasteiger partial charge in [-0.1, -0.05) is 44.2 Å². The van der Waals surface area contributed by atoms with Crippen molar-refractivity contribution in [3.05, 3.63) is 59.7 Å². The normalized spacial score (nSPS) is 16.7. The van der Waals surface area contributed by atoms with Crippen molar-refractivity contribution in [2.45, 2.75) is 32.9 Å². The molecule has 0 fully saturated rings. The van der Waals surface area contributed by atoms with E-state index in [1.54, 1.807) is 0 Å². The van der Waals surface area contributed by atoms with E-state index >= 15 is 0 Å². The maximum Gasteiger partial charge on any atom is 0.189 e. The predicted octanol–water partition coefficient (Wildman–Crippen LogP) is 3.65. The summed E-state index contributed by atoms with van der Waals surface area (Å²) in [6.45, 7) is 6.17. The van der Waals surface area contributed by atoms with Gasteiger partial charge in [-0.3, -0.25) is 0 Å². The summed E-state index contributed by atoms with van der Waals surface area (Å²) in [6, 6.07) is 16.2. The molecule has 0 radical (unpaired) electrons. The molecule has 2 aromatic carbocycles. The maximum atomic E-state index is 6.11. The fourth-order valence-corrected chi connectivity index (χ4v) is 2.89. The average Bonchev–Trinajstić information content (AvgIpc) is 2.65. The van der Waals surface area contributed by atoms with Crippen molar-refractivity contribution < 1.29 is 9.47 Å². The first-order valence-electron chi connectivity index (χ1n) is 9.11. The van der Waals surface area contributed by atoms with Crippen molar-refractivity contribution in [3.63, 3.8) is 0 Å². The van der Waals surface area contributed by atoms with Gasteiger partial charge in [0.1, 0.15) is 11.5 Å². The van der Waals surface area contributed by atoms with E-state index in [0.29, 0.717) is 31.6 Å². The molecule has 0 bridgehead atoms. The number of benzene rings is 2. The van der Waals surface area contributed by atoms with Gasteiger partial charge in [0.05, 0.1) is 25.8 Å². The SMILES string of the molecule is CC(C)COc1cccc(CN=C(N)NC2CCOc3ccccc32)c1. The molecule has 26 heavy (non-hydrogen) atoms. The summed E-state index contributed by atoms with van der Waals surface area (Å²) in [4.78, 5) is 4.48. The van der Waals surface area contributed by atoms with E-state index in [2.05, 4.69) is 30.2 Å². The third-order valence-corrected chi connectivity index (χ3v) is 4.19. The smallest absolute Gasteiger partial charge is 0.189 e. The van der Waals surface area contributed by atoms with E-state index in [9.17, 15) is 0 Å². The van der Waals surface area contributed by atoms with E-state index < -0.39 is 0 Å². The summed E-state index contributed by atoms with van der Waals surface area (Å²) >= 11 is 0. The summed E-state index contributed by atoms with van der Waals surface area (Å²) < 4.78 is 11.4. The first-order chi connectivity index (χ1) is 12.6. The zero-order valence-corrected chi connectivity index (χ0v) is 15.4. The van der Waals surface area contributed by atoms with Crippen molar-refractivity contribution in [2.75, 3.05) is 13.2 Å². The van der Waals surface area contributed by atoms with Gasteiger partial charge in [0, 0.05) is 12.0 Å². The lowest BCUT2D eigenvalue weighted by molar-refractivity contribution is 0.262. The van der Waals surface area contributed by atoms with Gasteiger partial charge in [0.2, 0.25) is 0 Å². The fourth-order valence-electron chi connectivity index (χ4n) is 2.89. The summed E-state index contributed by atoms with van der Waals surface area (Å²) in [5.74, 6) is 2.73. The number of ether oxygens (including phenoxy) is 2. The molecule has 0 aliphatic carbocycles. The molecule has 1 unspecified atom stereocenters. The second-order valence-corrected chi connectivity index (χ2v) is 6.93. The van der Waals surface area contributed by atoms with Crippen molar-refractivity contribution in [1.29, 1.82) is 0 Å². The molecule has 1 atom stereocenters. The third-order valence-electron chi connectivity index (χ3n) is 4.19. The molecule has 0 saturated carbocycles. The average molecular weight is 353 g/mol. The largest absolute Gasteiger partial charge is 0.493 e. The van der Waals surface area contributed by atoms with Crippen molar-refractivity contribution in [1.82, 2.24) is 5.32 Å². The zero-order valence-electron chi connectivity index (χ0n) is 15.4. The number of hydrogen-bond donors (Lipinski definition) is 2. The molecule has 138 valence electrons. The minimum atomic E-state index is 0.129. The Balaban J connectivity index is 1.60. The van der Waals surface area contributed by atoms with Crippen LogP contribution in [0.4, 0.5) is 0 Å². The molecule has 3 rings (SSSR count). The van der Waals surface area contributed by atoms with Crippen LogP contribution in [0.2, 0.25) is 0 Å². The number of nitrogens with one attached hydrogen (secondary N) is 1. The number of fused-ring (bicyclic) bond motifs is 1. The highest BCUT2D eigenvalue weighted by atomic mass is 16.5. The van der Waals surface area contributed by atoms with E-state index in [-0.39, 0.29) is 6.04 Å². The molecule has 1 aliphatic rings. The van der Waals surface area contributed by atoms with Crippen LogP contribution in [0.1, 0.15) is 37.4 Å². The standard InChI is InChI=1S/C21H27N3O2/c1-15(2)14-26-17-7-5-6-16(12-17)13-23-21(22)24-19-10-11-25-20-9-4-3-8-18(19)20/h3-9,12,15,19H,10-11,13-14H2,1-2H3,(H3,22,23,24). The van der Waals surface area contributed by atoms with Crippen LogP contribution >= 0.6 is 0 Å². The Bertz CT molecular complexity index is 758. The fraction of sp³-hybridized carbons (Fsp3) is 0.381. The summed E-state index contributed by atoms with van der Waals surface area (Å²) in [5.41, 5.74) is 8.31. The Morgan fingerprint density at radius 3 is 2.96 bits per heavy atom. The number of nitrogens with zero attached hydrogens (tertiary/aromatic N) is 1. The first kappa shape index (κ1) is 18.1. The van der Waals surface area contributed by atoms with E-state index in [1.165, 1.54) is 0 Å². The maximum absolute atomic E-state index is 6.11. The van der Waals surface area contributed by atoms with Gasteiger partial charge in [0.25, 0.3) is 0 Å². The Hall–Kier alpha value is -2.69. The van der Waals surface area contributed by atoms with Gasteiger partial charge < -0.3 is 20.5 Å². The van der Waals surface area contributed by atoms with Gasteiger partial charge in [-0.15, -0.1) is 0 Å². The lowest BCUT2D eigenvalue weighted by Crippen LogP contribution is -2.37. The van der Waals surface area contributed by atoms with Gasteiger partial charge in [0.15, 0.2) is 5.96 Å². The van der Waals surface area contributed by atoms with Gasteiger partial charge in [-0.25, -0.2) is 4.99 Å². The van der Waals surface area contributed by atoms with Gasteiger partial charge in [-0.05, 0) is 29.7 Å². The number of para-hydroxylation sites is 1. The molecular formula is C21H27N3O2. The lowest BCUT2D eigenvalue weighted by atomic mass is 10.0. The number of aliphatic imine (C=N–C) groups is 1. The molecule has 1 heterocycles. The predicted molar refractivity (Wildman–Crippen MR) is 105 cm³/mol. The van der Waals surface area contributed by atoms with Crippen molar-refractivity contribution in [2.24, 2.45) is 16.6 Å². The molecular weight excluding hydrogens is 326 g/mol. The minimum Gasteiger partial charge on any atom is -0.493 e. The molecule has 0 spiro atoms. The van der Waals surface area contributed by atoms with Crippen LogP contribution in [0.25, 0.3) is 0 Å². The van der Waals surface area contributed by atoms with Crippen LogP contribution in [0, 0.1) is 5.92 Å². The number of nitrogens with two attached hydrogens (primary N) is 1. The number of guanidine groups is 1. The molecule has 0 amide bonds. The number of rotatable bonds is 6. The van der Waals surface area contributed by atoms with Crippen molar-refractivity contribution >= 4 is 5.96 Å². The third kappa shape index (κ3) is 4.91. The molecule has 0 saturated heterocycles. The van der Waals surface area contributed by atoms with E-state index in [4.69, 9.17) is 15.2 Å². The Kier molecular flexibility index (Phi) is 6.00. The second kappa shape index (κ2) is 8.61.